The lowest BCUT2D eigenvalue weighted by atomic mass is 10.0. The standard InChI is InChI=1S/2C8H17O3P/c2*1-3-5-6-8(4-2)7-11-12(9)10/h2*8H,3-7H2,1-2H3/p+2. The van der Waals surface area contributed by atoms with E-state index >= 15 is 0 Å². The van der Waals surface area contributed by atoms with Crippen LogP contribution in [0.15, 0.2) is 0 Å². The fourth-order valence-electron chi connectivity index (χ4n) is 2.13. The van der Waals surface area contributed by atoms with E-state index in [1.54, 1.807) is 0 Å². The molecule has 0 aromatic carbocycles. The molecule has 0 aromatic rings. The minimum absolute atomic E-state index is 0.419. The Labute approximate surface area is 149 Å². The van der Waals surface area contributed by atoms with Gasteiger partial charge in [-0.2, -0.15) is 0 Å². The topological polar surface area (TPSA) is 93.1 Å². The molecule has 4 atom stereocenters. The summed E-state index contributed by atoms with van der Waals surface area (Å²) >= 11 is 0. The summed E-state index contributed by atoms with van der Waals surface area (Å²) in [7, 11) is -4.81. The maximum Gasteiger partial charge on any atom is 0.694 e. The van der Waals surface area contributed by atoms with Crippen molar-refractivity contribution in [2.45, 2.75) is 79.1 Å². The van der Waals surface area contributed by atoms with Crippen molar-refractivity contribution in [1.29, 1.82) is 0 Å². The second kappa shape index (κ2) is 19.4. The van der Waals surface area contributed by atoms with Gasteiger partial charge in [-0.05, 0) is 24.7 Å². The molecule has 0 aliphatic carbocycles. The predicted molar refractivity (Wildman–Crippen MR) is 98.2 cm³/mol. The Kier molecular flexibility index (Phi) is 21.2. The molecule has 0 saturated heterocycles. The van der Waals surface area contributed by atoms with Gasteiger partial charge in [-0.25, -0.2) is 0 Å². The fourth-order valence-corrected chi connectivity index (χ4v) is 2.81. The van der Waals surface area contributed by atoms with Crippen LogP contribution in [-0.4, -0.2) is 23.0 Å². The van der Waals surface area contributed by atoms with Crippen LogP contribution < -0.4 is 0 Å². The molecule has 0 saturated carbocycles. The molecule has 0 aliphatic heterocycles. The molecule has 0 bridgehead atoms. The summed E-state index contributed by atoms with van der Waals surface area (Å²) in [4.78, 5) is 16.8. The molecule has 0 radical (unpaired) electrons. The molecule has 0 heterocycles. The Morgan fingerprint density at radius 1 is 0.750 bits per heavy atom. The summed E-state index contributed by atoms with van der Waals surface area (Å²) in [6.45, 7) is 9.27. The van der Waals surface area contributed by atoms with E-state index in [0.29, 0.717) is 25.0 Å². The van der Waals surface area contributed by atoms with Gasteiger partial charge in [0.25, 0.3) is 0 Å². The van der Waals surface area contributed by atoms with Crippen molar-refractivity contribution in [3.05, 3.63) is 0 Å². The molecule has 24 heavy (non-hydrogen) atoms. The highest BCUT2D eigenvalue weighted by molar-refractivity contribution is 7.32. The number of rotatable bonds is 14. The monoisotopic (exact) mass is 386 g/mol. The molecule has 0 spiro atoms. The summed E-state index contributed by atoms with van der Waals surface area (Å²) < 4.78 is 29.8. The summed E-state index contributed by atoms with van der Waals surface area (Å²) in [5.41, 5.74) is 0. The quantitative estimate of drug-likeness (QED) is 0.370. The van der Waals surface area contributed by atoms with Crippen molar-refractivity contribution < 1.29 is 28.0 Å². The highest BCUT2D eigenvalue weighted by atomic mass is 31.1. The van der Waals surface area contributed by atoms with E-state index in [0.717, 1.165) is 25.7 Å². The molecule has 0 amide bonds. The maximum absolute atomic E-state index is 10.2. The van der Waals surface area contributed by atoms with E-state index in [-0.39, 0.29) is 0 Å². The highest BCUT2D eigenvalue weighted by Crippen LogP contribution is 2.21. The van der Waals surface area contributed by atoms with Crippen LogP contribution >= 0.6 is 16.5 Å². The van der Waals surface area contributed by atoms with Crippen molar-refractivity contribution in [2.75, 3.05) is 13.2 Å². The van der Waals surface area contributed by atoms with Gasteiger partial charge in [0.15, 0.2) is 0 Å². The molecular weight excluding hydrogens is 350 g/mol. The molecule has 0 rings (SSSR count). The first-order valence-corrected chi connectivity index (χ1v) is 11.2. The smallest absolute Gasteiger partial charge is 0.133 e. The summed E-state index contributed by atoms with van der Waals surface area (Å²) in [6, 6.07) is 0. The average molecular weight is 386 g/mol. The Morgan fingerprint density at radius 3 is 1.29 bits per heavy atom. The van der Waals surface area contributed by atoms with Gasteiger partial charge in [0.05, 0.1) is 0 Å². The first-order valence-electron chi connectivity index (χ1n) is 8.99. The van der Waals surface area contributed by atoms with Crippen LogP contribution in [0, 0.1) is 11.8 Å². The van der Waals surface area contributed by atoms with Crippen molar-refractivity contribution in [3.8, 4) is 0 Å². The summed E-state index contributed by atoms with van der Waals surface area (Å²) in [5, 5.41) is 0. The van der Waals surface area contributed by atoms with Gasteiger partial charge >= 0.3 is 16.5 Å². The first kappa shape index (κ1) is 26.3. The van der Waals surface area contributed by atoms with Crippen molar-refractivity contribution in [2.24, 2.45) is 11.8 Å². The molecule has 8 heteroatoms. The largest absolute Gasteiger partial charge is 0.694 e. The lowest BCUT2D eigenvalue weighted by Crippen LogP contribution is -2.05. The normalized spacial score (nSPS) is 14.4. The van der Waals surface area contributed by atoms with Crippen LogP contribution in [0.5, 0.6) is 0 Å². The van der Waals surface area contributed by atoms with Crippen molar-refractivity contribution in [1.82, 2.24) is 0 Å². The second-order valence-electron chi connectivity index (χ2n) is 5.90. The molecule has 0 fully saturated rings. The third-order valence-corrected chi connectivity index (χ3v) is 4.67. The van der Waals surface area contributed by atoms with Crippen LogP contribution in [0.3, 0.4) is 0 Å². The summed E-state index contributed by atoms with van der Waals surface area (Å²) in [5.74, 6) is 0.882. The van der Waals surface area contributed by atoms with Crippen LogP contribution in [0.2, 0.25) is 0 Å². The third-order valence-electron chi connectivity index (χ3n) is 3.93. The zero-order chi connectivity index (χ0) is 18.8. The van der Waals surface area contributed by atoms with Gasteiger partial charge in [-0.15, -0.1) is 18.8 Å². The SMILES string of the molecule is CCCCC(CC)CO[P+](=O)O.CCCCC(CC)CO[P+](=O)O. The van der Waals surface area contributed by atoms with E-state index in [2.05, 4.69) is 36.7 Å². The van der Waals surface area contributed by atoms with E-state index in [4.69, 9.17) is 9.79 Å². The first-order chi connectivity index (χ1) is 11.4. The van der Waals surface area contributed by atoms with Gasteiger partial charge in [-0.3, -0.25) is 0 Å². The van der Waals surface area contributed by atoms with Gasteiger partial charge in [0.2, 0.25) is 0 Å². The van der Waals surface area contributed by atoms with Gasteiger partial charge in [-0.1, -0.05) is 66.2 Å². The number of hydrogen-bond donors (Lipinski definition) is 2. The Bertz CT molecular complexity index is 285. The van der Waals surface area contributed by atoms with E-state index < -0.39 is 16.5 Å². The van der Waals surface area contributed by atoms with Gasteiger partial charge in [0.1, 0.15) is 13.2 Å². The Hall–Kier alpha value is 0.0400. The fraction of sp³-hybridized carbons (Fsp3) is 1.00. The van der Waals surface area contributed by atoms with E-state index in [1.807, 2.05) is 0 Å². The van der Waals surface area contributed by atoms with E-state index in [9.17, 15) is 9.13 Å². The van der Waals surface area contributed by atoms with Crippen molar-refractivity contribution in [3.63, 3.8) is 0 Å². The summed E-state index contributed by atoms with van der Waals surface area (Å²) in [6.07, 6.45) is 8.90. The van der Waals surface area contributed by atoms with Gasteiger partial charge in [0, 0.05) is 9.13 Å². The average Bonchev–Trinajstić information content (AvgIpc) is 2.55. The molecule has 0 aromatic heterocycles. The number of hydrogen-bond acceptors (Lipinski definition) is 4. The molecule has 4 unspecified atom stereocenters. The Balaban J connectivity index is 0. The molecule has 0 aliphatic rings. The molecule has 144 valence electrons. The minimum atomic E-state index is -2.40. The van der Waals surface area contributed by atoms with Crippen molar-refractivity contribution >= 4 is 16.5 Å². The van der Waals surface area contributed by atoms with Crippen LogP contribution in [0.25, 0.3) is 0 Å². The van der Waals surface area contributed by atoms with Crippen LogP contribution in [-0.2, 0) is 18.2 Å². The maximum atomic E-state index is 10.2. The Morgan fingerprint density at radius 2 is 1.08 bits per heavy atom. The molecule has 6 nitrogen and oxygen atoms in total. The zero-order valence-electron chi connectivity index (χ0n) is 15.6. The van der Waals surface area contributed by atoms with E-state index in [1.165, 1.54) is 25.7 Å². The van der Waals surface area contributed by atoms with Crippen LogP contribution in [0.1, 0.15) is 79.1 Å². The zero-order valence-corrected chi connectivity index (χ0v) is 17.4. The van der Waals surface area contributed by atoms with Crippen LogP contribution in [0.4, 0.5) is 0 Å². The predicted octanol–water partition coefficient (Wildman–Crippen LogP) is 5.74. The van der Waals surface area contributed by atoms with Gasteiger partial charge < -0.3 is 0 Å². The number of unbranched alkanes of at least 4 members (excludes halogenated alkanes) is 2. The third kappa shape index (κ3) is 20.1. The molecule has 2 N–H and O–H groups in total. The highest BCUT2D eigenvalue weighted by Gasteiger charge is 2.17. The minimum Gasteiger partial charge on any atom is -0.133 e. The second-order valence-corrected chi connectivity index (χ2v) is 7.37. The molecular formula is C16H36O6P2+2. The lowest BCUT2D eigenvalue weighted by molar-refractivity contribution is 0.218. The lowest BCUT2D eigenvalue weighted by Gasteiger charge is -2.08.